The molecule has 0 spiro atoms. The van der Waals surface area contributed by atoms with Gasteiger partial charge in [0, 0.05) is 44.4 Å². The minimum Gasteiger partial charge on any atom is -0.491 e. The maximum atomic E-state index is 12.7. The van der Waals surface area contributed by atoms with E-state index in [1.807, 2.05) is 29.8 Å². The molecule has 0 fully saturated rings. The van der Waals surface area contributed by atoms with E-state index in [1.54, 1.807) is 12.1 Å². The number of hydrogen-bond acceptors (Lipinski definition) is 7. The molecule has 160 valence electrons. The molecule has 10 heteroatoms. The Balaban J connectivity index is 1.83. The van der Waals surface area contributed by atoms with Gasteiger partial charge in [-0.05, 0) is 30.3 Å². The van der Waals surface area contributed by atoms with Crippen LogP contribution in [0.5, 0.6) is 5.75 Å². The van der Waals surface area contributed by atoms with Crippen LogP contribution >= 0.6 is 11.6 Å². The zero-order valence-electron chi connectivity index (χ0n) is 16.6. The normalized spacial score (nSPS) is 11.5. The summed E-state index contributed by atoms with van der Waals surface area (Å²) in [5.74, 6) is -0.753. The number of carbonyl (C=O) groups is 1. The van der Waals surface area contributed by atoms with E-state index in [0.717, 1.165) is 5.69 Å². The van der Waals surface area contributed by atoms with E-state index in [9.17, 15) is 13.2 Å². The van der Waals surface area contributed by atoms with Gasteiger partial charge in [0.15, 0.2) is 5.76 Å². The van der Waals surface area contributed by atoms with Crippen molar-refractivity contribution in [3.05, 3.63) is 53.2 Å². The molecule has 0 atom stereocenters. The van der Waals surface area contributed by atoms with Crippen molar-refractivity contribution in [2.45, 2.75) is 4.90 Å². The molecule has 3 rings (SSSR count). The Morgan fingerprint density at radius 3 is 2.60 bits per heavy atom. The molecule has 0 saturated heterocycles. The van der Waals surface area contributed by atoms with Crippen molar-refractivity contribution in [3.63, 3.8) is 0 Å². The Bertz CT molecular complexity index is 1170. The molecule has 0 saturated carbocycles. The van der Waals surface area contributed by atoms with Gasteiger partial charge in [-0.25, -0.2) is 13.1 Å². The van der Waals surface area contributed by atoms with E-state index in [4.69, 9.17) is 25.5 Å². The van der Waals surface area contributed by atoms with E-state index < -0.39 is 15.9 Å². The molecule has 0 aliphatic carbocycles. The van der Waals surface area contributed by atoms with Crippen LogP contribution in [0.2, 0.25) is 5.02 Å². The Kier molecular flexibility index (Phi) is 6.55. The van der Waals surface area contributed by atoms with Crippen LogP contribution < -0.4 is 14.4 Å². The predicted molar refractivity (Wildman–Crippen MR) is 114 cm³/mol. The van der Waals surface area contributed by atoms with Gasteiger partial charge in [-0.3, -0.25) is 4.79 Å². The molecule has 0 unspecified atom stereocenters. The molecule has 0 aliphatic heterocycles. The molecule has 0 bridgehead atoms. The first-order valence-corrected chi connectivity index (χ1v) is 10.8. The number of rotatable bonds is 8. The van der Waals surface area contributed by atoms with Gasteiger partial charge >= 0.3 is 5.91 Å². The number of amides is 1. The number of benzene rings is 2. The summed E-state index contributed by atoms with van der Waals surface area (Å²) < 4.78 is 43.3. The van der Waals surface area contributed by atoms with Crippen molar-refractivity contribution in [1.29, 1.82) is 0 Å². The average Bonchev–Trinajstić information content (AvgIpc) is 3.12. The molecule has 3 aromatic rings. The van der Waals surface area contributed by atoms with Crippen LogP contribution in [-0.2, 0) is 14.8 Å². The molecule has 0 aliphatic rings. The molecule has 1 amide bonds. The van der Waals surface area contributed by atoms with Gasteiger partial charge in [0.25, 0.3) is 10.0 Å². The molecular formula is C20H21ClN2O6S. The first-order valence-electron chi connectivity index (χ1n) is 8.90. The molecule has 1 heterocycles. The van der Waals surface area contributed by atoms with Crippen molar-refractivity contribution in [1.82, 2.24) is 4.72 Å². The summed E-state index contributed by atoms with van der Waals surface area (Å²) in [6.45, 7) is 0.570. The van der Waals surface area contributed by atoms with Gasteiger partial charge in [-0.1, -0.05) is 11.6 Å². The lowest BCUT2D eigenvalue weighted by Gasteiger charge is -2.11. The van der Waals surface area contributed by atoms with Crippen molar-refractivity contribution in [2.75, 3.05) is 39.3 Å². The van der Waals surface area contributed by atoms with E-state index >= 15 is 0 Å². The lowest BCUT2D eigenvalue weighted by Crippen LogP contribution is -2.30. The van der Waals surface area contributed by atoms with Gasteiger partial charge < -0.3 is 18.8 Å². The van der Waals surface area contributed by atoms with Crippen molar-refractivity contribution >= 4 is 44.2 Å². The van der Waals surface area contributed by atoms with Gasteiger partial charge in [-0.2, -0.15) is 0 Å². The van der Waals surface area contributed by atoms with E-state index in [0.29, 0.717) is 17.6 Å². The summed E-state index contributed by atoms with van der Waals surface area (Å²) in [6.07, 6.45) is 0. The summed E-state index contributed by atoms with van der Waals surface area (Å²) >= 11 is 6.04. The topological polar surface area (TPSA) is 98.1 Å². The van der Waals surface area contributed by atoms with Crippen LogP contribution in [0.15, 0.2) is 51.8 Å². The summed E-state index contributed by atoms with van der Waals surface area (Å²) in [5, 5.41) is 0.629. The van der Waals surface area contributed by atoms with Crippen molar-refractivity contribution in [2.24, 2.45) is 0 Å². The summed E-state index contributed by atoms with van der Waals surface area (Å²) in [7, 11) is 1.01. The molecule has 1 N–H and O–H groups in total. The Hall–Kier alpha value is -2.75. The minimum absolute atomic E-state index is 0.0466. The highest BCUT2D eigenvalue weighted by atomic mass is 35.5. The zero-order valence-corrected chi connectivity index (χ0v) is 18.2. The lowest BCUT2D eigenvalue weighted by atomic mass is 10.2. The third-order valence-electron chi connectivity index (χ3n) is 4.22. The smallest absolute Gasteiger partial charge is 0.300 e. The third-order valence-corrected chi connectivity index (χ3v) is 6.03. The second-order valence-corrected chi connectivity index (χ2v) is 8.65. The number of sulfonamides is 1. The van der Waals surface area contributed by atoms with Crippen LogP contribution in [0.4, 0.5) is 5.69 Å². The van der Waals surface area contributed by atoms with Crippen molar-refractivity contribution < 1.29 is 27.1 Å². The van der Waals surface area contributed by atoms with Crippen LogP contribution in [0, 0.1) is 0 Å². The average molecular weight is 453 g/mol. The SMILES string of the molecule is COCCOc1ccc(Cl)c(S(=O)(=O)NC(=O)c2cc3ccc(N(C)C)cc3o2)c1. The highest BCUT2D eigenvalue weighted by molar-refractivity contribution is 7.90. The molecule has 1 aromatic heterocycles. The van der Waals surface area contributed by atoms with Gasteiger partial charge in [0.1, 0.15) is 22.8 Å². The van der Waals surface area contributed by atoms with Gasteiger partial charge in [-0.15, -0.1) is 0 Å². The molecule has 30 heavy (non-hydrogen) atoms. The number of anilines is 1. The zero-order chi connectivity index (χ0) is 21.9. The Morgan fingerprint density at radius 1 is 1.13 bits per heavy atom. The van der Waals surface area contributed by atoms with Crippen molar-refractivity contribution in [3.8, 4) is 5.75 Å². The lowest BCUT2D eigenvalue weighted by molar-refractivity contribution is 0.0956. The number of methoxy groups -OCH3 is 1. The summed E-state index contributed by atoms with van der Waals surface area (Å²) in [4.78, 5) is 14.1. The first kappa shape index (κ1) is 21.9. The van der Waals surface area contributed by atoms with E-state index in [-0.39, 0.29) is 28.0 Å². The quantitative estimate of drug-likeness (QED) is 0.523. The largest absolute Gasteiger partial charge is 0.491 e. The summed E-state index contributed by atoms with van der Waals surface area (Å²) in [5.41, 5.74) is 1.35. The number of ether oxygens (including phenoxy) is 2. The maximum absolute atomic E-state index is 12.7. The highest BCUT2D eigenvalue weighted by Crippen LogP contribution is 2.27. The standard InChI is InChI=1S/C20H21ClN2O6S/c1-23(2)14-5-4-13-10-18(29-17(13)11-14)20(24)22-30(25,26)19-12-15(6-7-16(19)21)28-9-8-27-3/h4-7,10-12H,8-9H2,1-3H3,(H,22,24). The van der Waals surface area contributed by atoms with Gasteiger partial charge in [0.2, 0.25) is 0 Å². The fourth-order valence-electron chi connectivity index (χ4n) is 2.66. The van der Waals surface area contributed by atoms with Crippen LogP contribution in [-0.4, -0.2) is 48.7 Å². The molecule has 2 aromatic carbocycles. The second-order valence-electron chi connectivity index (χ2n) is 6.60. The van der Waals surface area contributed by atoms with E-state index in [1.165, 1.54) is 31.4 Å². The van der Waals surface area contributed by atoms with Crippen LogP contribution in [0.3, 0.4) is 0 Å². The predicted octanol–water partition coefficient (Wildman–Crippen LogP) is 3.30. The van der Waals surface area contributed by atoms with Gasteiger partial charge in [0.05, 0.1) is 11.6 Å². The number of hydrogen-bond donors (Lipinski definition) is 1. The Morgan fingerprint density at radius 2 is 1.90 bits per heavy atom. The maximum Gasteiger partial charge on any atom is 0.300 e. The number of nitrogens with zero attached hydrogens (tertiary/aromatic N) is 1. The third kappa shape index (κ3) is 4.86. The summed E-state index contributed by atoms with van der Waals surface area (Å²) in [6, 6.07) is 11.1. The second kappa shape index (κ2) is 8.95. The number of fused-ring (bicyclic) bond motifs is 1. The highest BCUT2D eigenvalue weighted by Gasteiger charge is 2.24. The minimum atomic E-state index is -4.26. The number of carbonyl (C=O) groups excluding carboxylic acids is 1. The molecular weight excluding hydrogens is 432 g/mol. The number of halogens is 1. The van der Waals surface area contributed by atoms with Crippen LogP contribution in [0.25, 0.3) is 11.0 Å². The molecule has 8 nitrogen and oxygen atoms in total. The molecule has 0 radical (unpaired) electrons. The Labute approximate surface area is 179 Å². The fourth-order valence-corrected chi connectivity index (χ4v) is 4.13. The number of nitrogens with one attached hydrogen (secondary N) is 1. The van der Waals surface area contributed by atoms with Crippen LogP contribution in [0.1, 0.15) is 10.6 Å². The van der Waals surface area contributed by atoms with E-state index in [2.05, 4.69) is 0 Å². The number of furan rings is 1. The first-order chi connectivity index (χ1) is 14.2. The fraction of sp³-hybridized carbons (Fsp3) is 0.250. The monoisotopic (exact) mass is 452 g/mol.